The molecule has 0 aromatic rings. The van der Waals surface area contributed by atoms with Gasteiger partial charge in [0.15, 0.2) is 0 Å². The second-order valence-corrected chi connectivity index (χ2v) is 17.4. The zero-order valence-electron chi connectivity index (χ0n) is 35.4. The molecule has 0 spiro atoms. The Labute approximate surface area is 332 Å². The molecule has 0 rings (SSSR count). The minimum Gasteiger partial charge on any atom is -0.379 e. The molecule has 0 aromatic carbocycles. The fraction of sp³-hybridized carbons (Fsp3) is 1.00. The normalized spacial score (nSPS) is 12.1. The number of ether oxygens (including phenoxy) is 2. The largest absolute Gasteiger partial charge is 0.679 e. The molecule has 0 radical (unpaired) electrons. The zero-order chi connectivity index (χ0) is 37.9. The van der Waals surface area contributed by atoms with Crippen LogP contribution in [0, 0.1) is 0 Å². The summed E-state index contributed by atoms with van der Waals surface area (Å²) in [6, 6.07) is 0. The highest BCUT2D eigenvalue weighted by Crippen LogP contribution is 2.16. The fourth-order valence-electron chi connectivity index (χ4n) is 6.27. The molecule has 9 heteroatoms. The van der Waals surface area contributed by atoms with Gasteiger partial charge in [0.05, 0.1) is 33.0 Å². The Morgan fingerprint density at radius 1 is 0.327 bits per heavy atom. The minimum atomic E-state index is -3.40. The SMILES string of the molecule is CCCCCCCCCCCCN(CCCCCCCCCCCC)CCO[Si](OCCCCCS)(OCCOCCCC)OCCOCCCC. The van der Waals surface area contributed by atoms with Gasteiger partial charge in [0, 0.05) is 26.4 Å². The lowest BCUT2D eigenvalue weighted by Crippen LogP contribution is -2.52. The standard InChI is InChI=1S/C43H91NO6SSi/c1-5-9-13-15-17-19-21-23-25-28-32-44(33-29-26-24-22-20-18-16-14-10-6-2)34-38-48-52(47-37-30-27-31-43-51,49-41-39-45-35-11-7-3)50-42-40-46-36-12-8-4/h51H,5-43H2,1-4H3. The van der Waals surface area contributed by atoms with Crippen molar-refractivity contribution < 1.29 is 27.2 Å². The van der Waals surface area contributed by atoms with Gasteiger partial charge in [-0.2, -0.15) is 12.6 Å². The van der Waals surface area contributed by atoms with Gasteiger partial charge in [-0.1, -0.05) is 163 Å². The molecular weight excluding hydrogens is 687 g/mol. The Kier molecular flexibility index (Phi) is 44.3. The predicted octanol–water partition coefficient (Wildman–Crippen LogP) is 12.4. The lowest BCUT2D eigenvalue weighted by molar-refractivity contribution is -0.0573. The Balaban J connectivity index is 5.20. The van der Waals surface area contributed by atoms with Crippen molar-refractivity contribution in [1.82, 2.24) is 4.90 Å². The molecule has 0 bridgehead atoms. The second kappa shape index (κ2) is 44.0. The van der Waals surface area contributed by atoms with Gasteiger partial charge in [-0.05, 0) is 57.4 Å². The van der Waals surface area contributed by atoms with Crippen LogP contribution in [0.15, 0.2) is 0 Å². The third-order valence-corrected chi connectivity index (χ3v) is 12.3. The van der Waals surface area contributed by atoms with E-state index in [1.54, 1.807) is 0 Å². The molecule has 0 unspecified atom stereocenters. The van der Waals surface area contributed by atoms with Crippen molar-refractivity contribution in [3.05, 3.63) is 0 Å². The molecule has 0 aliphatic carbocycles. The van der Waals surface area contributed by atoms with Gasteiger partial charge in [0.1, 0.15) is 0 Å². The molecule has 0 heterocycles. The van der Waals surface area contributed by atoms with E-state index in [-0.39, 0.29) is 0 Å². The zero-order valence-corrected chi connectivity index (χ0v) is 37.3. The van der Waals surface area contributed by atoms with Crippen LogP contribution >= 0.6 is 12.6 Å². The first-order chi connectivity index (χ1) is 25.7. The maximum atomic E-state index is 6.63. The number of nitrogens with zero attached hydrogens (tertiary/aromatic N) is 1. The third kappa shape index (κ3) is 37.2. The summed E-state index contributed by atoms with van der Waals surface area (Å²) in [6.07, 6.45) is 34.8. The molecule has 52 heavy (non-hydrogen) atoms. The topological polar surface area (TPSA) is 58.6 Å². The van der Waals surface area contributed by atoms with Crippen molar-refractivity contribution in [1.29, 1.82) is 0 Å². The number of rotatable bonds is 46. The van der Waals surface area contributed by atoms with E-state index < -0.39 is 9.05 Å². The number of hydrogen-bond donors (Lipinski definition) is 1. The monoisotopic (exact) mass is 778 g/mol. The van der Waals surface area contributed by atoms with Gasteiger partial charge in [0.2, 0.25) is 0 Å². The first kappa shape index (κ1) is 52.3. The molecule has 0 aliphatic heterocycles. The van der Waals surface area contributed by atoms with E-state index in [0.717, 1.165) is 83.5 Å². The summed E-state index contributed by atoms with van der Waals surface area (Å²) in [4.78, 5) is 2.63. The molecule has 0 aromatic heterocycles. The fourth-order valence-corrected chi connectivity index (χ4v) is 8.39. The van der Waals surface area contributed by atoms with Crippen molar-refractivity contribution in [3.63, 3.8) is 0 Å². The minimum absolute atomic E-state index is 0.407. The van der Waals surface area contributed by atoms with E-state index in [1.165, 1.54) is 128 Å². The summed E-state index contributed by atoms with van der Waals surface area (Å²) in [5, 5.41) is 0. The van der Waals surface area contributed by atoms with E-state index in [2.05, 4.69) is 45.2 Å². The average molecular weight is 778 g/mol. The van der Waals surface area contributed by atoms with Crippen LogP contribution in [0.25, 0.3) is 0 Å². The van der Waals surface area contributed by atoms with Gasteiger partial charge < -0.3 is 32.1 Å². The van der Waals surface area contributed by atoms with Crippen LogP contribution in [-0.2, 0) is 27.2 Å². The number of unbranched alkanes of at least 4 members (excludes halogenated alkanes) is 22. The smallest absolute Gasteiger partial charge is 0.379 e. The highest BCUT2D eigenvalue weighted by atomic mass is 32.1. The van der Waals surface area contributed by atoms with Crippen LogP contribution in [0.1, 0.15) is 201 Å². The van der Waals surface area contributed by atoms with Crippen LogP contribution in [0.3, 0.4) is 0 Å². The summed E-state index contributed by atoms with van der Waals surface area (Å²) in [6.45, 7) is 16.5. The average Bonchev–Trinajstić information content (AvgIpc) is 3.15. The van der Waals surface area contributed by atoms with Crippen LogP contribution in [0.4, 0.5) is 0 Å². The Bertz CT molecular complexity index is 627. The lowest BCUT2D eigenvalue weighted by Gasteiger charge is -2.30. The summed E-state index contributed by atoms with van der Waals surface area (Å²) >= 11 is 4.39. The number of thiol groups is 1. The van der Waals surface area contributed by atoms with Crippen molar-refractivity contribution >= 4 is 21.7 Å². The maximum absolute atomic E-state index is 6.63. The van der Waals surface area contributed by atoms with E-state index >= 15 is 0 Å². The van der Waals surface area contributed by atoms with Crippen molar-refractivity contribution in [3.8, 4) is 0 Å². The van der Waals surface area contributed by atoms with Crippen molar-refractivity contribution in [2.45, 2.75) is 201 Å². The predicted molar refractivity (Wildman–Crippen MR) is 229 cm³/mol. The third-order valence-electron chi connectivity index (χ3n) is 9.72. The molecule has 0 atom stereocenters. The van der Waals surface area contributed by atoms with Gasteiger partial charge in [-0.15, -0.1) is 0 Å². The van der Waals surface area contributed by atoms with Crippen LogP contribution in [0.2, 0.25) is 0 Å². The Morgan fingerprint density at radius 2 is 0.692 bits per heavy atom. The van der Waals surface area contributed by atoms with Gasteiger partial charge >= 0.3 is 9.05 Å². The van der Waals surface area contributed by atoms with Crippen LogP contribution in [0.5, 0.6) is 0 Å². The first-order valence-electron chi connectivity index (χ1n) is 22.7. The van der Waals surface area contributed by atoms with Gasteiger partial charge in [0.25, 0.3) is 0 Å². The van der Waals surface area contributed by atoms with E-state index in [4.69, 9.17) is 27.2 Å². The maximum Gasteiger partial charge on any atom is 0.679 e. The molecule has 0 amide bonds. The highest BCUT2D eigenvalue weighted by Gasteiger charge is 2.46. The van der Waals surface area contributed by atoms with E-state index in [0.29, 0.717) is 39.6 Å². The van der Waals surface area contributed by atoms with Crippen molar-refractivity contribution in [2.24, 2.45) is 0 Å². The molecule has 7 nitrogen and oxygen atoms in total. The molecule has 0 saturated heterocycles. The summed E-state index contributed by atoms with van der Waals surface area (Å²) < 4.78 is 37.6. The van der Waals surface area contributed by atoms with Crippen molar-refractivity contribution in [2.75, 3.05) is 78.2 Å². The van der Waals surface area contributed by atoms with E-state index in [9.17, 15) is 0 Å². The quantitative estimate of drug-likeness (QED) is 0.0375. The highest BCUT2D eigenvalue weighted by molar-refractivity contribution is 7.80. The molecule has 314 valence electrons. The van der Waals surface area contributed by atoms with E-state index in [1.807, 2.05) is 0 Å². The summed E-state index contributed by atoms with van der Waals surface area (Å²) in [5.74, 6) is 0.893. The first-order valence-corrected chi connectivity index (χ1v) is 25.0. The Hall–Kier alpha value is 0.287. The number of hydrogen-bond acceptors (Lipinski definition) is 8. The van der Waals surface area contributed by atoms with Crippen LogP contribution < -0.4 is 0 Å². The molecule has 0 aliphatic rings. The lowest BCUT2D eigenvalue weighted by atomic mass is 10.1. The second-order valence-electron chi connectivity index (χ2n) is 14.8. The summed E-state index contributed by atoms with van der Waals surface area (Å²) in [5.41, 5.74) is 0. The van der Waals surface area contributed by atoms with Crippen LogP contribution in [-0.4, -0.2) is 92.2 Å². The Morgan fingerprint density at radius 3 is 1.12 bits per heavy atom. The molecule has 0 saturated carbocycles. The molecule has 0 N–H and O–H groups in total. The van der Waals surface area contributed by atoms with Gasteiger partial charge in [-0.3, -0.25) is 0 Å². The molecular formula is C43H91NO6SSi. The van der Waals surface area contributed by atoms with Gasteiger partial charge in [-0.25, -0.2) is 0 Å². The summed E-state index contributed by atoms with van der Waals surface area (Å²) in [7, 11) is -3.40. The molecule has 0 fully saturated rings.